The Morgan fingerprint density at radius 2 is 1.79 bits per heavy atom. The van der Waals surface area contributed by atoms with Gasteiger partial charge in [-0.25, -0.2) is 0 Å². The Morgan fingerprint density at radius 3 is 1.79 bits per heavy atom. The van der Waals surface area contributed by atoms with Crippen LogP contribution >= 0.6 is 0 Å². The molecular weight excluding hydrogens is 190 g/mol. The Bertz CT molecular complexity index is 154. The van der Waals surface area contributed by atoms with Crippen LogP contribution in [0.3, 0.4) is 0 Å². The molecule has 1 atom stereocenters. The SMILES string of the molecule is C[N+](C)(C)CCO.O=C([O-])C(O)CO. The number of nitrogens with zero attached hydrogens (tertiary/aromatic N) is 1. The average molecular weight is 209 g/mol. The summed E-state index contributed by atoms with van der Waals surface area (Å²) in [6.07, 6.45) is -1.74. The van der Waals surface area contributed by atoms with E-state index in [1.165, 1.54) is 0 Å². The first-order valence-corrected chi connectivity index (χ1v) is 4.15. The Labute approximate surface area is 83.6 Å². The summed E-state index contributed by atoms with van der Waals surface area (Å²) >= 11 is 0. The Kier molecular flexibility index (Phi) is 8.66. The van der Waals surface area contributed by atoms with Crippen molar-refractivity contribution in [1.29, 1.82) is 0 Å². The van der Waals surface area contributed by atoms with E-state index in [0.717, 1.165) is 11.0 Å². The molecule has 0 aliphatic heterocycles. The van der Waals surface area contributed by atoms with Crippen LogP contribution in [0.25, 0.3) is 0 Å². The number of carbonyl (C=O) groups excluding carboxylic acids is 1. The van der Waals surface area contributed by atoms with Crippen molar-refractivity contribution in [2.24, 2.45) is 0 Å². The minimum absolute atomic E-state index is 0.281. The van der Waals surface area contributed by atoms with Crippen LogP contribution in [0.5, 0.6) is 0 Å². The van der Waals surface area contributed by atoms with Gasteiger partial charge in [-0.2, -0.15) is 0 Å². The van der Waals surface area contributed by atoms with E-state index < -0.39 is 18.7 Å². The van der Waals surface area contributed by atoms with E-state index in [4.69, 9.17) is 15.3 Å². The molecular formula is C8H19NO5. The van der Waals surface area contributed by atoms with E-state index >= 15 is 0 Å². The molecule has 0 bridgehead atoms. The van der Waals surface area contributed by atoms with Crippen LogP contribution in [0.2, 0.25) is 0 Å². The smallest absolute Gasteiger partial charge is 0.116 e. The van der Waals surface area contributed by atoms with Gasteiger partial charge in [-0.15, -0.1) is 0 Å². The number of quaternary nitrogens is 1. The quantitative estimate of drug-likeness (QED) is 0.423. The van der Waals surface area contributed by atoms with Gasteiger partial charge >= 0.3 is 0 Å². The summed E-state index contributed by atoms with van der Waals surface area (Å²) in [5.74, 6) is -1.65. The maximum atomic E-state index is 9.41. The van der Waals surface area contributed by atoms with Gasteiger partial charge in [0.05, 0.1) is 40.3 Å². The fourth-order valence-electron chi connectivity index (χ4n) is 0.375. The van der Waals surface area contributed by atoms with Gasteiger partial charge in [0, 0.05) is 0 Å². The highest BCUT2D eigenvalue weighted by Crippen LogP contribution is 1.84. The molecule has 6 heteroatoms. The van der Waals surface area contributed by atoms with Crippen molar-refractivity contribution in [2.45, 2.75) is 6.10 Å². The van der Waals surface area contributed by atoms with Gasteiger partial charge in [0.1, 0.15) is 12.6 Å². The third kappa shape index (κ3) is 13.9. The normalized spacial score (nSPS) is 12.7. The number of aliphatic carboxylic acids is 1. The molecule has 0 aliphatic rings. The molecule has 0 aromatic heterocycles. The molecule has 0 saturated heterocycles. The van der Waals surface area contributed by atoms with Crippen molar-refractivity contribution in [1.82, 2.24) is 0 Å². The van der Waals surface area contributed by atoms with E-state index in [-0.39, 0.29) is 6.61 Å². The van der Waals surface area contributed by atoms with E-state index in [1.807, 2.05) is 0 Å². The summed E-state index contributed by atoms with van der Waals surface area (Å²) in [4.78, 5) is 9.41. The third-order valence-corrected chi connectivity index (χ3v) is 1.22. The number of carbonyl (C=O) groups is 1. The van der Waals surface area contributed by atoms with E-state index in [0.29, 0.717) is 0 Å². The second kappa shape index (κ2) is 7.69. The topological polar surface area (TPSA) is 101 Å². The number of aliphatic hydroxyl groups is 3. The minimum atomic E-state index is -1.74. The van der Waals surface area contributed by atoms with Gasteiger partial charge < -0.3 is 29.7 Å². The van der Waals surface area contributed by atoms with Gasteiger partial charge in [-0.3, -0.25) is 0 Å². The Balaban J connectivity index is 0. The molecule has 0 saturated carbocycles. The number of hydrogen-bond donors (Lipinski definition) is 3. The zero-order valence-electron chi connectivity index (χ0n) is 8.80. The van der Waals surface area contributed by atoms with Gasteiger partial charge in [0.15, 0.2) is 0 Å². The molecule has 0 radical (unpaired) electrons. The van der Waals surface area contributed by atoms with Crippen molar-refractivity contribution in [3.8, 4) is 0 Å². The number of carboxylic acids is 1. The maximum absolute atomic E-state index is 9.41. The van der Waals surface area contributed by atoms with Crippen LogP contribution in [0.4, 0.5) is 0 Å². The Morgan fingerprint density at radius 1 is 1.36 bits per heavy atom. The number of carboxylic acid groups (broad SMARTS) is 1. The maximum Gasteiger partial charge on any atom is 0.116 e. The monoisotopic (exact) mass is 209 g/mol. The first-order valence-electron chi connectivity index (χ1n) is 4.15. The predicted octanol–water partition coefficient (Wildman–Crippen LogP) is -3.23. The fourth-order valence-corrected chi connectivity index (χ4v) is 0.375. The molecule has 14 heavy (non-hydrogen) atoms. The zero-order valence-corrected chi connectivity index (χ0v) is 8.80. The van der Waals surface area contributed by atoms with E-state index in [1.54, 1.807) is 0 Å². The second-order valence-electron chi connectivity index (χ2n) is 3.75. The lowest BCUT2D eigenvalue weighted by Gasteiger charge is -2.21. The van der Waals surface area contributed by atoms with E-state index in [2.05, 4.69) is 21.1 Å². The van der Waals surface area contributed by atoms with Crippen molar-refractivity contribution >= 4 is 5.97 Å². The average Bonchev–Trinajstić information content (AvgIpc) is 2.01. The number of hydrogen-bond acceptors (Lipinski definition) is 5. The molecule has 1 unspecified atom stereocenters. The number of likely N-dealkylation sites (N-methyl/N-ethyl adjacent to an activating group) is 1. The third-order valence-electron chi connectivity index (χ3n) is 1.22. The zero-order chi connectivity index (χ0) is 11.8. The predicted molar refractivity (Wildman–Crippen MR) is 48.1 cm³/mol. The first kappa shape index (κ1) is 15.8. The summed E-state index contributed by atoms with van der Waals surface area (Å²) in [6, 6.07) is 0. The highest BCUT2D eigenvalue weighted by molar-refractivity contribution is 5.69. The van der Waals surface area contributed by atoms with Crippen LogP contribution in [-0.4, -0.2) is 72.8 Å². The van der Waals surface area contributed by atoms with E-state index in [9.17, 15) is 9.90 Å². The lowest BCUT2D eigenvalue weighted by molar-refractivity contribution is -0.870. The van der Waals surface area contributed by atoms with Gasteiger partial charge in [0.2, 0.25) is 0 Å². The lowest BCUT2D eigenvalue weighted by atomic mass is 10.4. The molecule has 0 aromatic carbocycles. The molecule has 0 amide bonds. The molecule has 0 fully saturated rings. The van der Waals surface area contributed by atoms with Gasteiger partial charge in [-0.05, 0) is 0 Å². The van der Waals surface area contributed by atoms with Gasteiger partial charge in [0.25, 0.3) is 0 Å². The largest absolute Gasteiger partial charge is 0.547 e. The van der Waals surface area contributed by atoms with Crippen LogP contribution < -0.4 is 5.11 Å². The Hall–Kier alpha value is -0.690. The van der Waals surface area contributed by atoms with Crippen LogP contribution in [0.15, 0.2) is 0 Å². The fraction of sp³-hybridized carbons (Fsp3) is 0.875. The summed E-state index contributed by atoms with van der Waals surface area (Å²) in [5.41, 5.74) is 0. The first-order chi connectivity index (χ1) is 6.24. The van der Waals surface area contributed by atoms with Crippen molar-refractivity contribution in [3.05, 3.63) is 0 Å². The molecule has 6 nitrogen and oxygen atoms in total. The van der Waals surface area contributed by atoms with Crippen LogP contribution in [0, 0.1) is 0 Å². The van der Waals surface area contributed by atoms with Crippen molar-refractivity contribution in [3.63, 3.8) is 0 Å². The molecule has 0 aliphatic carbocycles. The summed E-state index contributed by atoms with van der Waals surface area (Å²) < 4.78 is 0.844. The molecule has 0 heterocycles. The van der Waals surface area contributed by atoms with Gasteiger partial charge in [-0.1, -0.05) is 0 Å². The molecule has 3 N–H and O–H groups in total. The highest BCUT2D eigenvalue weighted by atomic mass is 16.4. The number of aliphatic hydroxyl groups excluding tert-OH is 3. The molecule has 0 aromatic rings. The summed E-state index contributed by atoms with van der Waals surface area (Å²) in [5, 5.41) is 33.7. The second-order valence-corrected chi connectivity index (χ2v) is 3.75. The highest BCUT2D eigenvalue weighted by Gasteiger charge is 2.02. The summed E-state index contributed by atoms with van der Waals surface area (Å²) in [7, 11) is 6.16. The van der Waals surface area contributed by atoms with Crippen LogP contribution in [0.1, 0.15) is 0 Å². The van der Waals surface area contributed by atoms with Crippen LogP contribution in [-0.2, 0) is 4.79 Å². The van der Waals surface area contributed by atoms with Crippen molar-refractivity contribution in [2.75, 3.05) is 40.9 Å². The minimum Gasteiger partial charge on any atom is -0.547 e. The lowest BCUT2D eigenvalue weighted by Crippen LogP contribution is -2.37. The standard InChI is InChI=1S/C5H14NO.C3H6O4/c1-6(2,3)4-5-7;4-1-2(5)3(6)7/h7H,4-5H2,1-3H3;2,4-5H,1H2,(H,6,7)/q+1;/p-1. The molecule has 0 rings (SSSR count). The number of rotatable bonds is 4. The van der Waals surface area contributed by atoms with Crippen molar-refractivity contribution < 1.29 is 29.7 Å². The summed E-state index contributed by atoms with van der Waals surface area (Å²) in [6.45, 7) is 0.325. The molecule has 0 spiro atoms. The molecule has 86 valence electrons.